The van der Waals surface area contributed by atoms with Crippen LogP contribution in [0.4, 0.5) is 13.2 Å². The van der Waals surface area contributed by atoms with Crippen LogP contribution < -0.4 is 9.37 Å². The summed E-state index contributed by atoms with van der Waals surface area (Å²) in [5, 5.41) is 0.526. The van der Waals surface area contributed by atoms with Crippen molar-refractivity contribution >= 4 is 33.5 Å². The Morgan fingerprint density at radius 2 is 1.43 bits per heavy atom. The quantitative estimate of drug-likeness (QED) is 0.364. The summed E-state index contributed by atoms with van der Waals surface area (Å²) in [6.45, 7) is 5.65. The molecular formula is C11H17F3O6S2Si. The summed E-state index contributed by atoms with van der Waals surface area (Å²) in [6.07, 6.45) is 0.715. The minimum Gasteiger partial charge on any atom is -0.376 e. The monoisotopic (exact) mass is 394 g/mol. The average Bonchev–Trinajstić information content (AvgIpc) is 2.23. The van der Waals surface area contributed by atoms with Crippen molar-refractivity contribution in [3.05, 3.63) is 24.3 Å². The van der Waals surface area contributed by atoms with Crippen LogP contribution in [0, 0.1) is 0 Å². The SMILES string of the molecule is CS(=O)(=O)O.C[Si](C)(C)c1ccccc1OS(=O)(=O)C(F)(F)F. The van der Waals surface area contributed by atoms with Gasteiger partial charge in [0.15, 0.2) is 0 Å². The van der Waals surface area contributed by atoms with Crippen molar-refractivity contribution < 1.29 is 38.7 Å². The van der Waals surface area contributed by atoms with Crippen LogP contribution in [-0.4, -0.2) is 41.2 Å². The molecule has 0 spiro atoms. The minimum absolute atomic E-state index is 0.242. The first-order chi connectivity index (χ1) is 9.95. The molecule has 1 aromatic carbocycles. The molecule has 0 heterocycles. The molecule has 0 atom stereocenters. The van der Waals surface area contributed by atoms with Crippen molar-refractivity contribution in [2.24, 2.45) is 0 Å². The first-order valence-electron chi connectivity index (χ1n) is 5.98. The molecule has 6 nitrogen and oxygen atoms in total. The zero-order chi connectivity index (χ0) is 18.7. The van der Waals surface area contributed by atoms with Gasteiger partial charge in [-0.3, -0.25) is 4.55 Å². The van der Waals surface area contributed by atoms with E-state index in [-0.39, 0.29) is 5.75 Å². The first-order valence-corrected chi connectivity index (χ1v) is 12.7. The Kier molecular flexibility index (Phi) is 6.85. The molecule has 0 aliphatic heterocycles. The molecule has 1 rings (SSSR count). The summed E-state index contributed by atoms with van der Waals surface area (Å²) in [7, 11) is -11.3. The molecule has 0 amide bonds. The van der Waals surface area contributed by atoms with Crippen molar-refractivity contribution in [3.63, 3.8) is 0 Å². The van der Waals surface area contributed by atoms with Crippen LogP contribution in [-0.2, 0) is 20.2 Å². The lowest BCUT2D eigenvalue weighted by Crippen LogP contribution is -2.40. The third kappa shape index (κ3) is 8.34. The number of benzene rings is 1. The van der Waals surface area contributed by atoms with Crippen molar-refractivity contribution in [1.82, 2.24) is 0 Å². The summed E-state index contributed by atoms with van der Waals surface area (Å²) >= 11 is 0. The highest BCUT2D eigenvalue weighted by molar-refractivity contribution is 7.88. The maximum atomic E-state index is 12.2. The number of rotatable bonds is 3. The normalized spacial score (nSPS) is 13.0. The highest BCUT2D eigenvalue weighted by Gasteiger charge is 2.49. The summed E-state index contributed by atoms with van der Waals surface area (Å²) in [6, 6.07) is 5.90. The van der Waals surface area contributed by atoms with E-state index in [0.29, 0.717) is 11.4 Å². The Balaban J connectivity index is 0.000000841. The van der Waals surface area contributed by atoms with Crippen LogP contribution in [0.3, 0.4) is 0 Å². The maximum absolute atomic E-state index is 12.2. The van der Waals surface area contributed by atoms with Crippen molar-refractivity contribution in [2.45, 2.75) is 25.1 Å². The second kappa shape index (κ2) is 7.19. The molecular weight excluding hydrogens is 377 g/mol. The van der Waals surface area contributed by atoms with Crippen molar-refractivity contribution in [3.8, 4) is 5.75 Å². The predicted octanol–water partition coefficient (Wildman–Crippen LogP) is 1.96. The van der Waals surface area contributed by atoms with Gasteiger partial charge in [-0.15, -0.1) is 0 Å². The summed E-state index contributed by atoms with van der Waals surface area (Å²) in [4.78, 5) is 0. The van der Waals surface area contributed by atoms with Crippen molar-refractivity contribution in [2.75, 3.05) is 6.26 Å². The standard InChI is InChI=1S/C10H13F3O3SSi.CH4O3S/c1-18(2,3)9-7-5-4-6-8(9)16-17(14,15)10(11,12)13;1-5(2,3)4/h4-7H,1-3H3;1H3,(H,2,3,4). The number of para-hydroxylation sites is 1. The zero-order valence-electron chi connectivity index (χ0n) is 12.7. The molecule has 0 saturated carbocycles. The summed E-state index contributed by atoms with van der Waals surface area (Å²) in [5.74, 6) is -0.242. The van der Waals surface area contributed by atoms with Gasteiger partial charge in [0.2, 0.25) is 0 Å². The molecule has 0 bridgehead atoms. The molecule has 0 fully saturated rings. The van der Waals surface area contributed by atoms with Gasteiger partial charge in [0.1, 0.15) is 5.75 Å². The lowest BCUT2D eigenvalue weighted by atomic mass is 10.3. The number of hydrogen-bond donors (Lipinski definition) is 1. The van der Waals surface area contributed by atoms with Gasteiger partial charge in [0.05, 0.1) is 14.3 Å². The van der Waals surface area contributed by atoms with E-state index in [0.717, 1.165) is 0 Å². The Morgan fingerprint density at radius 1 is 1.04 bits per heavy atom. The zero-order valence-corrected chi connectivity index (χ0v) is 15.4. The fourth-order valence-electron chi connectivity index (χ4n) is 1.32. The second-order valence-electron chi connectivity index (χ2n) is 5.46. The Bertz CT molecular complexity index is 728. The van der Waals surface area contributed by atoms with Crippen LogP contribution >= 0.6 is 0 Å². The van der Waals surface area contributed by atoms with E-state index < -0.39 is 33.8 Å². The smallest absolute Gasteiger partial charge is 0.376 e. The van der Waals surface area contributed by atoms with E-state index in [9.17, 15) is 30.0 Å². The predicted molar refractivity (Wildman–Crippen MR) is 82.5 cm³/mol. The Morgan fingerprint density at radius 3 is 1.78 bits per heavy atom. The Labute approximate surface area is 134 Å². The maximum Gasteiger partial charge on any atom is 0.534 e. The van der Waals surface area contributed by atoms with E-state index >= 15 is 0 Å². The molecule has 12 heteroatoms. The van der Waals surface area contributed by atoms with Crippen LogP contribution in [0.1, 0.15) is 0 Å². The molecule has 1 aromatic rings. The van der Waals surface area contributed by atoms with Crippen LogP contribution in [0.15, 0.2) is 24.3 Å². The summed E-state index contributed by atoms with van der Waals surface area (Å²) < 4.78 is 88.7. The van der Waals surface area contributed by atoms with Crippen LogP contribution in [0.5, 0.6) is 5.75 Å². The number of halogens is 3. The minimum atomic E-state index is -5.61. The molecule has 0 aliphatic rings. The lowest BCUT2D eigenvalue weighted by Gasteiger charge is -2.20. The third-order valence-electron chi connectivity index (χ3n) is 2.18. The molecule has 0 unspecified atom stereocenters. The van der Waals surface area contributed by atoms with E-state index in [2.05, 4.69) is 4.18 Å². The molecule has 1 N–H and O–H groups in total. The fraction of sp³-hybridized carbons (Fsp3) is 0.455. The number of alkyl halides is 3. The highest BCUT2D eigenvalue weighted by Crippen LogP contribution is 2.27. The van der Waals surface area contributed by atoms with Gasteiger partial charge in [-0.1, -0.05) is 37.8 Å². The van der Waals surface area contributed by atoms with Crippen LogP contribution in [0.25, 0.3) is 0 Å². The van der Waals surface area contributed by atoms with E-state index in [1.807, 2.05) is 19.6 Å². The van der Waals surface area contributed by atoms with Gasteiger partial charge in [0, 0.05) is 0 Å². The van der Waals surface area contributed by atoms with Gasteiger partial charge in [0.25, 0.3) is 10.1 Å². The molecule has 23 heavy (non-hydrogen) atoms. The van der Waals surface area contributed by atoms with Gasteiger partial charge in [-0.25, -0.2) is 0 Å². The van der Waals surface area contributed by atoms with Gasteiger partial charge in [-0.05, 0) is 11.3 Å². The first kappa shape index (κ1) is 21.9. The van der Waals surface area contributed by atoms with Gasteiger partial charge >= 0.3 is 15.6 Å². The average molecular weight is 394 g/mol. The summed E-state index contributed by atoms with van der Waals surface area (Å²) in [5.41, 5.74) is -5.42. The van der Waals surface area contributed by atoms with E-state index in [1.165, 1.54) is 12.1 Å². The Hall–Kier alpha value is -1.11. The molecule has 0 aliphatic carbocycles. The van der Waals surface area contributed by atoms with Crippen LogP contribution in [0.2, 0.25) is 19.6 Å². The van der Waals surface area contributed by atoms with Crippen molar-refractivity contribution in [1.29, 1.82) is 0 Å². The fourth-order valence-corrected chi connectivity index (χ4v) is 3.34. The number of hydrogen-bond acceptors (Lipinski definition) is 5. The van der Waals surface area contributed by atoms with E-state index in [4.69, 9.17) is 4.55 Å². The van der Waals surface area contributed by atoms with Gasteiger partial charge < -0.3 is 4.18 Å². The lowest BCUT2D eigenvalue weighted by molar-refractivity contribution is -0.0499. The largest absolute Gasteiger partial charge is 0.534 e. The molecule has 134 valence electrons. The van der Waals surface area contributed by atoms with E-state index in [1.54, 1.807) is 12.1 Å². The topological polar surface area (TPSA) is 97.7 Å². The van der Waals surface area contributed by atoms with Gasteiger partial charge in [-0.2, -0.15) is 30.0 Å². The molecule has 0 aromatic heterocycles. The highest BCUT2D eigenvalue weighted by atomic mass is 32.2. The molecule has 0 radical (unpaired) electrons. The third-order valence-corrected chi connectivity index (χ3v) is 5.17. The second-order valence-corrected chi connectivity index (χ2v) is 13.5. The molecule has 0 saturated heterocycles.